The van der Waals surface area contributed by atoms with E-state index in [9.17, 15) is 19.3 Å². The molecule has 4 aromatic rings. The number of rotatable bonds is 5. The average Bonchev–Trinajstić information content (AvgIpc) is 2.86. The Balaban J connectivity index is 1.52. The fraction of sp³-hybridized carbons (Fsp3) is 0.259. The van der Waals surface area contributed by atoms with Crippen LogP contribution in [0.2, 0.25) is 0 Å². The number of hydrogen-bond acceptors (Lipinski definition) is 6. The normalized spacial score (nSPS) is 16.4. The molecule has 184 valence electrons. The highest BCUT2D eigenvalue weighted by Gasteiger charge is 2.26. The Kier molecular flexibility index (Phi) is 6.24. The summed E-state index contributed by atoms with van der Waals surface area (Å²) in [6.45, 7) is 6.83. The third-order valence-electron chi connectivity index (χ3n) is 6.67. The molecule has 0 aliphatic carbocycles. The van der Waals surface area contributed by atoms with Gasteiger partial charge in [0.2, 0.25) is 0 Å². The summed E-state index contributed by atoms with van der Waals surface area (Å²) >= 11 is 0. The molecule has 1 saturated heterocycles. The van der Waals surface area contributed by atoms with Gasteiger partial charge >= 0.3 is 0 Å². The van der Waals surface area contributed by atoms with Crippen molar-refractivity contribution >= 4 is 22.3 Å². The fourth-order valence-corrected chi connectivity index (χ4v) is 4.82. The van der Waals surface area contributed by atoms with E-state index in [4.69, 9.17) is 0 Å². The number of piperazine rings is 1. The van der Waals surface area contributed by atoms with Crippen molar-refractivity contribution in [1.82, 2.24) is 14.5 Å². The summed E-state index contributed by atoms with van der Waals surface area (Å²) in [4.78, 5) is 33.5. The maximum atomic E-state index is 14.8. The summed E-state index contributed by atoms with van der Waals surface area (Å²) in [7, 11) is 0. The maximum absolute atomic E-state index is 14.8. The summed E-state index contributed by atoms with van der Waals surface area (Å²) in [5.41, 5.74) is 2.06. The van der Waals surface area contributed by atoms with Gasteiger partial charge in [-0.2, -0.15) is 0 Å². The van der Waals surface area contributed by atoms with E-state index < -0.39 is 16.3 Å². The Hall–Kier alpha value is -4.11. The van der Waals surface area contributed by atoms with Crippen molar-refractivity contribution in [1.29, 1.82) is 0 Å². The second-order valence-electron chi connectivity index (χ2n) is 9.19. The minimum atomic E-state index is -0.565. The molecule has 0 unspecified atom stereocenters. The first-order valence-corrected chi connectivity index (χ1v) is 11.8. The smallest absolute Gasteiger partial charge is 0.270 e. The van der Waals surface area contributed by atoms with Gasteiger partial charge in [-0.25, -0.2) is 9.37 Å². The highest BCUT2D eigenvalue weighted by atomic mass is 19.1. The summed E-state index contributed by atoms with van der Waals surface area (Å²) in [6.07, 6.45) is 0. The van der Waals surface area contributed by atoms with Crippen LogP contribution in [0.4, 0.5) is 15.8 Å². The van der Waals surface area contributed by atoms with Gasteiger partial charge in [-0.05, 0) is 44.2 Å². The predicted molar refractivity (Wildman–Crippen MR) is 137 cm³/mol. The molecule has 1 fully saturated rings. The number of aryl methyl sites for hydroxylation is 1. The van der Waals surface area contributed by atoms with Gasteiger partial charge in [0.1, 0.15) is 11.6 Å². The van der Waals surface area contributed by atoms with Crippen LogP contribution in [0.25, 0.3) is 16.6 Å². The molecule has 9 heteroatoms. The molecule has 1 aliphatic heterocycles. The van der Waals surface area contributed by atoms with Crippen molar-refractivity contribution < 1.29 is 9.31 Å². The molecule has 0 bridgehead atoms. The van der Waals surface area contributed by atoms with Gasteiger partial charge in [0, 0.05) is 43.5 Å². The molecule has 2 heterocycles. The molecular weight excluding hydrogens is 461 g/mol. The number of benzene rings is 3. The average molecular weight is 488 g/mol. The molecular formula is C27H26FN5O3. The van der Waals surface area contributed by atoms with Crippen LogP contribution in [0.5, 0.6) is 0 Å². The molecule has 0 radical (unpaired) electrons. The number of nitrogens with zero attached hydrogens (tertiary/aromatic N) is 5. The molecule has 0 N–H and O–H groups in total. The molecule has 0 spiro atoms. The molecule has 3 aromatic carbocycles. The number of non-ortho nitro benzene ring substituents is 1. The lowest BCUT2D eigenvalue weighted by Crippen LogP contribution is -2.52. The third kappa shape index (κ3) is 4.45. The molecule has 0 amide bonds. The first-order chi connectivity index (χ1) is 17.3. The summed E-state index contributed by atoms with van der Waals surface area (Å²) < 4.78 is 16.1. The number of anilines is 1. The molecule has 0 saturated carbocycles. The standard InChI is InChI=1S/C27H26FN5O3/c1-18-7-9-20(10-8-18)31-14-13-30(16-19(31)2)17-26-29-24-12-11-21(33(35)36)15-22(24)27(34)32(26)25-6-4-3-5-23(25)28/h3-12,15,19H,13-14,16-17H2,1-2H3/t19-/m0/s1. The predicted octanol–water partition coefficient (Wildman–Crippen LogP) is 4.45. The van der Waals surface area contributed by atoms with Gasteiger partial charge in [-0.15, -0.1) is 0 Å². The van der Waals surface area contributed by atoms with Crippen LogP contribution < -0.4 is 10.5 Å². The van der Waals surface area contributed by atoms with E-state index >= 15 is 0 Å². The number of hydrogen-bond donors (Lipinski definition) is 0. The van der Waals surface area contributed by atoms with E-state index in [2.05, 4.69) is 52.9 Å². The Morgan fingerprint density at radius 1 is 1.08 bits per heavy atom. The van der Waals surface area contributed by atoms with Crippen molar-refractivity contribution in [3.63, 3.8) is 0 Å². The van der Waals surface area contributed by atoms with Gasteiger partial charge in [0.25, 0.3) is 11.2 Å². The van der Waals surface area contributed by atoms with Crippen LogP contribution in [0, 0.1) is 22.9 Å². The first-order valence-electron chi connectivity index (χ1n) is 11.8. The maximum Gasteiger partial charge on any atom is 0.270 e. The topological polar surface area (TPSA) is 84.5 Å². The summed E-state index contributed by atoms with van der Waals surface area (Å²) in [5, 5.41) is 11.4. The van der Waals surface area contributed by atoms with Crippen molar-refractivity contribution in [2.45, 2.75) is 26.4 Å². The van der Waals surface area contributed by atoms with Crippen molar-refractivity contribution in [2.24, 2.45) is 0 Å². The molecule has 36 heavy (non-hydrogen) atoms. The van der Waals surface area contributed by atoms with E-state index in [1.165, 1.54) is 46.1 Å². The van der Waals surface area contributed by atoms with E-state index in [0.717, 1.165) is 19.6 Å². The minimum absolute atomic E-state index is 0.0738. The van der Waals surface area contributed by atoms with Gasteiger partial charge in [0.15, 0.2) is 0 Å². The van der Waals surface area contributed by atoms with Crippen LogP contribution in [-0.4, -0.2) is 45.1 Å². The van der Waals surface area contributed by atoms with Crippen LogP contribution in [-0.2, 0) is 6.54 Å². The monoisotopic (exact) mass is 487 g/mol. The zero-order chi connectivity index (χ0) is 25.4. The lowest BCUT2D eigenvalue weighted by Gasteiger charge is -2.41. The number of halogens is 1. The third-order valence-corrected chi connectivity index (χ3v) is 6.67. The summed E-state index contributed by atoms with van der Waals surface area (Å²) in [6, 6.07) is 18.7. The van der Waals surface area contributed by atoms with E-state index in [-0.39, 0.29) is 22.8 Å². The largest absolute Gasteiger partial charge is 0.366 e. The second-order valence-corrected chi connectivity index (χ2v) is 9.19. The zero-order valence-corrected chi connectivity index (χ0v) is 20.1. The van der Waals surface area contributed by atoms with E-state index in [1.54, 1.807) is 12.1 Å². The Morgan fingerprint density at radius 2 is 1.83 bits per heavy atom. The van der Waals surface area contributed by atoms with Gasteiger partial charge in [0.05, 0.1) is 28.1 Å². The fourth-order valence-electron chi connectivity index (χ4n) is 4.82. The molecule has 1 atom stereocenters. The Bertz CT molecular complexity index is 1500. The first kappa shape index (κ1) is 23.6. The summed E-state index contributed by atoms with van der Waals surface area (Å²) in [5.74, 6) is -0.174. The SMILES string of the molecule is Cc1ccc(N2CCN(Cc3nc4ccc([N+](=O)[O-])cc4c(=O)n3-c3ccccc3F)C[C@@H]2C)cc1. The number of para-hydroxylation sites is 1. The number of nitro benzene ring substituents is 1. The second kappa shape index (κ2) is 9.50. The minimum Gasteiger partial charge on any atom is -0.366 e. The number of nitro groups is 1. The molecule has 1 aliphatic rings. The van der Waals surface area contributed by atoms with Crippen molar-refractivity contribution in [3.8, 4) is 5.69 Å². The van der Waals surface area contributed by atoms with E-state index in [1.807, 2.05) is 0 Å². The van der Waals surface area contributed by atoms with Gasteiger partial charge in [-0.3, -0.25) is 24.4 Å². The van der Waals surface area contributed by atoms with Crippen LogP contribution >= 0.6 is 0 Å². The number of fused-ring (bicyclic) bond motifs is 1. The quantitative estimate of drug-likeness (QED) is 0.305. The Labute approximate surface area is 207 Å². The lowest BCUT2D eigenvalue weighted by molar-refractivity contribution is -0.384. The highest BCUT2D eigenvalue weighted by molar-refractivity contribution is 5.80. The molecule has 8 nitrogen and oxygen atoms in total. The van der Waals surface area contributed by atoms with Crippen LogP contribution in [0.1, 0.15) is 18.3 Å². The lowest BCUT2D eigenvalue weighted by atomic mass is 10.1. The van der Waals surface area contributed by atoms with Gasteiger partial charge in [-0.1, -0.05) is 29.8 Å². The molecule has 1 aromatic heterocycles. The molecule has 5 rings (SSSR count). The van der Waals surface area contributed by atoms with Gasteiger partial charge < -0.3 is 4.90 Å². The zero-order valence-electron chi connectivity index (χ0n) is 20.1. The highest BCUT2D eigenvalue weighted by Crippen LogP contribution is 2.24. The van der Waals surface area contributed by atoms with E-state index in [0.29, 0.717) is 17.9 Å². The van der Waals surface area contributed by atoms with Crippen LogP contribution in [0.3, 0.4) is 0 Å². The number of aromatic nitrogens is 2. The van der Waals surface area contributed by atoms with Crippen molar-refractivity contribution in [2.75, 3.05) is 24.5 Å². The van der Waals surface area contributed by atoms with Crippen LogP contribution in [0.15, 0.2) is 71.5 Å². The Morgan fingerprint density at radius 3 is 2.53 bits per heavy atom. The van der Waals surface area contributed by atoms with Crippen molar-refractivity contribution in [3.05, 3.63) is 104 Å².